The largest absolute Gasteiger partial charge is 0.389 e. The lowest BCUT2D eigenvalue weighted by atomic mass is 9.98. The number of pyridine rings is 1. The van der Waals surface area contributed by atoms with Crippen LogP contribution in [0.25, 0.3) is 0 Å². The summed E-state index contributed by atoms with van der Waals surface area (Å²) in [5.74, 6) is 1.06. The van der Waals surface area contributed by atoms with Gasteiger partial charge in [-0.1, -0.05) is 25.6 Å². The maximum absolute atomic E-state index is 5.60. The van der Waals surface area contributed by atoms with Gasteiger partial charge in [0.2, 0.25) is 0 Å². The highest BCUT2D eigenvalue weighted by atomic mass is 32.1. The normalized spacial score (nSPS) is 19.8. The minimum absolute atomic E-state index is 0.415. The molecular formula is C14H21N3S. The first-order chi connectivity index (χ1) is 8.72. The molecule has 4 heteroatoms. The Bertz CT molecular complexity index is 400. The highest BCUT2D eigenvalue weighted by Crippen LogP contribution is 2.25. The Balaban J connectivity index is 2.15. The summed E-state index contributed by atoms with van der Waals surface area (Å²) in [6.07, 6.45) is 8.15. The third kappa shape index (κ3) is 2.99. The molecule has 1 unspecified atom stereocenters. The van der Waals surface area contributed by atoms with E-state index in [1.165, 1.54) is 32.1 Å². The van der Waals surface area contributed by atoms with Crippen molar-refractivity contribution in [2.75, 3.05) is 11.4 Å². The van der Waals surface area contributed by atoms with Crippen molar-refractivity contribution in [1.82, 2.24) is 4.98 Å². The van der Waals surface area contributed by atoms with Crippen molar-refractivity contribution in [3.8, 4) is 0 Å². The molecule has 98 valence electrons. The van der Waals surface area contributed by atoms with Gasteiger partial charge in [-0.3, -0.25) is 0 Å². The number of hydrogen-bond acceptors (Lipinski definition) is 3. The van der Waals surface area contributed by atoms with E-state index in [0.717, 1.165) is 17.9 Å². The van der Waals surface area contributed by atoms with Crippen LogP contribution in [0.15, 0.2) is 18.3 Å². The highest BCUT2D eigenvalue weighted by Gasteiger charge is 2.22. The second-order valence-corrected chi connectivity index (χ2v) is 5.34. The lowest BCUT2D eigenvalue weighted by Gasteiger charge is -2.36. The SMILES string of the molecule is CCCC1CCCCN1c1ccc(C(N)=S)cn1. The van der Waals surface area contributed by atoms with Crippen LogP contribution >= 0.6 is 12.2 Å². The van der Waals surface area contributed by atoms with Crippen LogP contribution in [0.1, 0.15) is 44.6 Å². The van der Waals surface area contributed by atoms with E-state index in [9.17, 15) is 0 Å². The number of anilines is 1. The van der Waals surface area contributed by atoms with Gasteiger partial charge in [0.25, 0.3) is 0 Å². The molecule has 0 saturated carbocycles. The van der Waals surface area contributed by atoms with Crippen molar-refractivity contribution in [3.63, 3.8) is 0 Å². The van der Waals surface area contributed by atoms with Gasteiger partial charge in [0.05, 0.1) is 0 Å². The summed E-state index contributed by atoms with van der Waals surface area (Å²) in [6.45, 7) is 3.36. The molecule has 1 aromatic heterocycles. The van der Waals surface area contributed by atoms with Crippen LogP contribution in [-0.2, 0) is 0 Å². The Hall–Kier alpha value is -1.16. The fraction of sp³-hybridized carbons (Fsp3) is 0.571. The number of aromatic nitrogens is 1. The first-order valence-electron chi connectivity index (χ1n) is 6.75. The fourth-order valence-corrected chi connectivity index (χ4v) is 2.76. The van der Waals surface area contributed by atoms with Crippen LogP contribution in [0.2, 0.25) is 0 Å². The second kappa shape index (κ2) is 6.14. The van der Waals surface area contributed by atoms with Crippen molar-refractivity contribution >= 4 is 23.0 Å². The molecule has 1 aliphatic heterocycles. The first kappa shape index (κ1) is 13.3. The maximum atomic E-state index is 5.60. The zero-order valence-electron chi connectivity index (χ0n) is 10.9. The van der Waals surface area contributed by atoms with E-state index < -0.39 is 0 Å². The third-order valence-electron chi connectivity index (χ3n) is 3.58. The predicted octanol–water partition coefficient (Wildman–Crippen LogP) is 2.87. The summed E-state index contributed by atoms with van der Waals surface area (Å²) in [5.41, 5.74) is 6.44. The molecule has 1 aromatic rings. The molecule has 2 N–H and O–H groups in total. The molecule has 18 heavy (non-hydrogen) atoms. The van der Waals surface area contributed by atoms with Crippen LogP contribution in [0.4, 0.5) is 5.82 Å². The Labute approximate surface area is 114 Å². The number of thiocarbonyl (C=S) groups is 1. The van der Waals surface area contributed by atoms with Crippen LogP contribution in [-0.4, -0.2) is 22.6 Å². The smallest absolute Gasteiger partial charge is 0.128 e. The predicted molar refractivity (Wildman–Crippen MR) is 80.0 cm³/mol. The average Bonchev–Trinajstić information content (AvgIpc) is 2.40. The molecular weight excluding hydrogens is 242 g/mol. The molecule has 0 radical (unpaired) electrons. The van der Waals surface area contributed by atoms with E-state index in [2.05, 4.69) is 16.8 Å². The van der Waals surface area contributed by atoms with Crippen molar-refractivity contribution in [3.05, 3.63) is 23.9 Å². The Kier molecular flexibility index (Phi) is 4.53. The molecule has 2 rings (SSSR count). The Morgan fingerprint density at radius 1 is 1.50 bits per heavy atom. The molecule has 3 nitrogen and oxygen atoms in total. The molecule has 0 amide bonds. The van der Waals surface area contributed by atoms with Crippen molar-refractivity contribution < 1.29 is 0 Å². The standard InChI is InChI=1S/C14H21N3S/c1-2-5-12-6-3-4-9-17(12)13-8-7-11(10-16-13)14(15)18/h7-8,10,12H,2-6,9H2,1H3,(H2,15,18). The van der Waals surface area contributed by atoms with Crippen LogP contribution in [0.5, 0.6) is 0 Å². The maximum Gasteiger partial charge on any atom is 0.128 e. The summed E-state index contributed by atoms with van der Waals surface area (Å²) in [5, 5.41) is 0. The average molecular weight is 263 g/mol. The summed E-state index contributed by atoms with van der Waals surface area (Å²) >= 11 is 4.95. The zero-order valence-corrected chi connectivity index (χ0v) is 11.7. The van der Waals surface area contributed by atoms with Crippen LogP contribution in [0.3, 0.4) is 0 Å². The van der Waals surface area contributed by atoms with Gasteiger partial charge < -0.3 is 10.6 Å². The van der Waals surface area contributed by atoms with Gasteiger partial charge in [-0.25, -0.2) is 4.98 Å². The van der Waals surface area contributed by atoms with Crippen LogP contribution in [0, 0.1) is 0 Å². The minimum Gasteiger partial charge on any atom is -0.389 e. The Morgan fingerprint density at radius 2 is 2.33 bits per heavy atom. The highest BCUT2D eigenvalue weighted by molar-refractivity contribution is 7.80. The molecule has 0 bridgehead atoms. The van der Waals surface area contributed by atoms with Gasteiger partial charge in [0.15, 0.2) is 0 Å². The van der Waals surface area contributed by atoms with E-state index in [0.29, 0.717) is 11.0 Å². The van der Waals surface area contributed by atoms with E-state index in [1.807, 2.05) is 12.1 Å². The fourth-order valence-electron chi connectivity index (χ4n) is 2.64. The van der Waals surface area contributed by atoms with Gasteiger partial charge in [-0.05, 0) is 37.8 Å². The molecule has 1 atom stereocenters. The van der Waals surface area contributed by atoms with Gasteiger partial charge in [0.1, 0.15) is 10.8 Å². The number of nitrogens with two attached hydrogens (primary N) is 1. The van der Waals surface area contributed by atoms with Crippen molar-refractivity contribution in [2.45, 2.75) is 45.1 Å². The minimum atomic E-state index is 0.415. The zero-order chi connectivity index (χ0) is 13.0. The number of piperidine rings is 1. The lowest BCUT2D eigenvalue weighted by molar-refractivity contribution is 0.432. The number of hydrogen-bond donors (Lipinski definition) is 1. The Morgan fingerprint density at radius 3 is 2.94 bits per heavy atom. The van der Waals surface area contributed by atoms with Crippen molar-refractivity contribution in [2.24, 2.45) is 5.73 Å². The molecule has 2 heterocycles. The molecule has 1 saturated heterocycles. The van der Waals surface area contributed by atoms with Gasteiger partial charge in [-0.2, -0.15) is 0 Å². The number of nitrogens with zero attached hydrogens (tertiary/aromatic N) is 2. The number of rotatable bonds is 4. The van der Waals surface area contributed by atoms with Gasteiger partial charge in [0, 0.05) is 24.3 Å². The summed E-state index contributed by atoms with van der Waals surface area (Å²) in [4.78, 5) is 7.37. The summed E-state index contributed by atoms with van der Waals surface area (Å²) in [7, 11) is 0. The van der Waals surface area contributed by atoms with E-state index in [-0.39, 0.29) is 0 Å². The van der Waals surface area contributed by atoms with Gasteiger partial charge >= 0.3 is 0 Å². The lowest BCUT2D eigenvalue weighted by Crippen LogP contribution is -2.40. The molecule has 0 aromatic carbocycles. The third-order valence-corrected chi connectivity index (χ3v) is 3.81. The van der Waals surface area contributed by atoms with E-state index in [4.69, 9.17) is 18.0 Å². The monoisotopic (exact) mass is 263 g/mol. The van der Waals surface area contributed by atoms with E-state index >= 15 is 0 Å². The first-order valence-corrected chi connectivity index (χ1v) is 7.15. The topological polar surface area (TPSA) is 42.1 Å². The van der Waals surface area contributed by atoms with E-state index in [1.54, 1.807) is 6.20 Å². The molecule has 0 aliphatic carbocycles. The summed E-state index contributed by atoms with van der Waals surface area (Å²) in [6, 6.07) is 4.66. The van der Waals surface area contributed by atoms with Gasteiger partial charge in [-0.15, -0.1) is 0 Å². The second-order valence-electron chi connectivity index (χ2n) is 4.90. The summed E-state index contributed by atoms with van der Waals surface area (Å²) < 4.78 is 0. The molecule has 1 fully saturated rings. The van der Waals surface area contributed by atoms with Crippen molar-refractivity contribution in [1.29, 1.82) is 0 Å². The quantitative estimate of drug-likeness (QED) is 0.848. The van der Waals surface area contributed by atoms with Crippen LogP contribution < -0.4 is 10.6 Å². The molecule has 0 spiro atoms. The molecule has 1 aliphatic rings.